The number of anilines is 2. The van der Waals surface area contributed by atoms with Gasteiger partial charge in [0.2, 0.25) is 0 Å². The SMILES string of the molecule is C=C(C)Nc1ccc(C)c(N(C)/C=C(/CNC)C(=C)F)c1. The highest BCUT2D eigenvalue weighted by Crippen LogP contribution is 2.25. The molecule has 0 heterocycles. The van der Waals surface area contributed by atoms with E-state index in [9.17, 15) is 4.39 Å². The molecule has 1 aromatic carbocycles. The van der Waals surface area contributed by atoms with Crippen molar-refractivity contribution in [1.82, 2.24) is 5.32 Å². The third kappa shape index (κ3) is 5.08. The summed E-state index contributed by atoms with van der Waals surface area (Å²) in [6.45, 7) is 11.6. The van der Waals surface area contributed by atoms with Gasteiger partial charge in [-0.25, -0.2) is 4.39 Å². The lowest BCUT2D eigenvalue weighted by atomic mass is 10.1. The summed E-state index contributed by atoms with van der Waals surface area (Å²) >= 11 is 0. The summed E-state index contributed by atoms with van der Waals surface area (Å²) in [5.41, 5.74) is 4.46. The van der Waals surface area contributed by atoms with Gasteiger partial charge in [-0.2, -0.15) is 0 Å². The van der Waals surface area contributed by atoms with Crippen molar-refractivity contribution in [3.8, 4) is 0 Å². The van der Waals surface area contributed by atoms with Crippen molar-refractivity contribution in [2.75, 3.05) is 30.9 Å². The van der Waals surface area contributed by atoms with Crippen molar-refractivity contribution in [2.24, 2.45) is 0 Å². The summed E-state index contributed by atoms with van der Waals surface area (Å²) in [5.74, 6) is -0.426. The van der Waals surface area contributed by atoms with Gasteiger partial charge in [0.25, 0.3) is 0 Å². The van der Waals surface area contributed by atoms with Crippen molar-refractivity contribution in [1.29, 1.82) is 0 Å². The van der Waals surface area contributed by atoms with Gasteiger partial charge in [0.1, 0.15) is 5.83 Å². The largest absolute Gasteiger partial charge is 0.360 e. The fourth-order valence-corrected chi connectivity index (χ4v) is 2.02. The zero-order valence-corrected chi connectivity index (χ0v) is 13.3. The van der Waals surface area contributed by atoms with Gasteiger partial charge < -0.3 is 15.5 Å². The average Bonchev–Trinajstić information content (AvgIpc) is 2.39. The maximum Gasteiger partial charge on any atom is 0.122 e. The molecule has 0 bridgehead atoms. The lowest BCUT2D eigenvalue weighted by Gasteiger charge is -2.20. The smallest absolute Gasteiger partial charge is 0.122 e. The summed E-state index contributed by atoms with van der Waals surface area (Å²) in [7, 11) is 3.67. The van der Waals surface area contributed by atoms with Crippen molar-refractivity contribution < 1.29 is 4.39 Å². The highest BCUT2D eigenvalue weighted by molar-refractivity contribution is 5.65. The number of nitrogens with one attached hydrogen (secondary N) is 2. The second-order valence-electron chi connectivity index (χ2n) is 5.11. The summed E-state index contributed by atoms with van der Waals surface area (Å²) in [6.07, 6.45) is 1.76. The second kappa shape index (κ2) is 7.64. The maximum absolute atomic E-state index is 13.4. The second-order valence-corrected chi connectivity index (χ2v) is 5.11. The van der Waals surface area contributed by atoms with Crippen LogP contribution < -0.4 is 15.5 Å². The molecule has 0 aliphatic carbocycles. The molecule has 0 atom stereocenters. The molecule has 2 N–H and O–H groups in total. The van der Waals surface area contributed by atoms with Crippen LogP contribution in [0.1, 0.15) is 12.5 Å². The Labute approximate surface area is 126 Å². The van der Waals surface area contributed by atoms with Crippen molar-refractivity contribution in [2.45, 2.75) is 13.8 Å². The maximum atomic E-state index is 13.4. The standard InChI is InChI=1S/C17H24FN3/c1-12(2)20-16-8-7-13(3)17(9-16)21(6)11-15(10-19-5)14(4)18/h7-9,11,19-20H,1,4,10H2,2-3,5-6H3/b15-11-. The van der Waals surface area contributed by atoms with Crippen LogP contribution in [0.5, 0.6) is 0 Å². The number of hydrogen-bond donors (Lipinski definition) is 2. The molecule has 0 fully saturated rings. The van der Waals surface area contributed by atoms with E-state index >= 15 is 0 Å². The molecule has 1 aromatic rings. The quantitative estimate of drug-likeness (QED) is 0.744. The van der Waals surface area contributed by atoms with Crippen molar-refractivity contribution >= 4 is 11.4 Å². The van der Waals surface area contributed by atoms with E-state index in [-0.39, 0.29) is 0 Å². The van der Waals surface area contributed by atoms with Gasteiger partial charge in [0, 0.05) is 42.4 Å². The van der Waals surface area contributed by atoms with E-state index in [1.165, 1.54) is 0 Å². The Morgan fingerprint density at radius 1 is 1.38 bits per heavy atom. The van der Waals surface area contributed by atoms with Crippen molar-refractivity contribution in [3.63, 3.8) is 0 Å². The van der Waals surface area contributed by atoms with E-state index < -0.39 is 5.83 Å². The molecule has 114 valence electrons. The first kappa shape index (κ1) is 17.0. The molecule has 0 saturated heterocycles. The van der Waals surface area contributed by atoms with Gasteiger partial charge in [-0.1, -0.05) is 19.2 Å². The number of allylic oxidation sites excluding steroid dienone is 1. The zero-order chi connectivity index (χ0) is 16.0. The Morgan fingerprint density at radius 2 is 2.05 bits per heavy atom. The Bertz CT molecular complexity index is 561. The minimum absolute atomic E-state index is 0.426. The molecule has 0 saturated carbocycles. The topological polar surface area (TPSA) is 27.3 Å². The molecule has 3 nitrogen and oxygen atoms in total. The van der Waals surface area contributed by atoms with E-state index in [1.54, 1.807) is 13.2 Å². The molecule has 0 aliphatic heterocycles. The molecule has 4 heteroatoms. The van der Waals surface area contributed by atoms with Crippen LogP contribution >= 0.6 is 0 Å². The molecule has 0 aliphatic rings. The highest BCUT2D eigenvalue weighted by Gasteiger charge is 2.07. The van der Waals surface area contributed by atoms with Crippen LogP contribution in [0.2, 0.25) is 0 Å². The lowest BCUT2D eigenvalue weighted by molar-refractivity contribution is 0.641. The van der Waals surface area contributed by atoms with Gasteiger partial charge in [-0.15, -0.1) is 0 Å². The van der Waals surface area contributed by atoms with E-state index in [0.717, 1.165) is 22.6 Å². The number of halogens is 1. The normalized spacial score (nSPS) is 11.2. The Morgan fingerprint density at radius 3 is 2.57 bits per heavy atom. The van der Waals surface area contributed by atoms with Crippen LogP contribution in [0, 0.1) is 6.92 Å². The fourth-order valence-electron chi connectivity index (χ4n) is 2.02. The minimum Gasteiger partial charge on any atom is -0.360 e. The summed E-state index contributed by atoms with van der Waals surface area (Å²) < 4.78 is 13.4. The molecule has 21 heavy (non-hydrogen) atoms. The molecule has 0 aromatic heterocycles. The van der Waals surface area contributed by atoms with E-state index in [0.29, 0.717) is 12.1 Å². The van der Waals surface area contributed by atoms with Crippen LogP contribution in [0.3, 0.4) is 0 Å². The van der Waals surface area contributed by atoms with Gasteiger partial charge in [0.15, 0.2) is 0 Å². The van der Waals surface area contributed by atoms with Crippen molar-refractivity contribution in [3.05, 3.63) is 60.2 Å². The van der Waals surface area contributed by atoms with E-state index in [1.807, 2.05) is 44.0 Å². The monoisotopic (exact) mass is 289 g/mol. The van der Waals surface area contributed by atoms with Gasteiger partial charge in [0.05, 0.1) is 0 Å². The lowest BCUT2D eigenvalue weighted by Crippen LogP contribution is -2.16. The number of aryl methyl sites for hydroxylation is 1. The molecule has 0 spiro atoms. The van der Waals surface area contributed by atoms with Gasteiger partial charge >= 0.3 is 0 Å². The molecule has 0 amide bonds. The number of hydrogen-bond acceptors (Lipinski definition) is 3. The number of likely N-dealkylation sites (N-methyl/N-ethyl adjacent to an activating group) is 1. The molecule has 0 unspecified atom stereocenters. The van der Waals surface area contributed by atoms with Gasteiger partial charge in [-0.3, -0.25) is 0 Å². The third-order valence-electron chi connectivity index (χ3n) is 3.01. The number of benzene rings is 1. The van der Waals surface area contributed by atoms with Crippen LogP contribution in [-0.4, -0.2) is 20.6 Å². The Balaban J connectivity index is 3.10. The zero-order valence-electron chi connectivity index (χ0n) is 13.3. The third-order valence-corrected chi connectivity index (χ3v) is 3.01. The summed E-state index contributed by atoms with van der Waals surface area (Å²) in [4.78, 5) is 1.90. The Kier molecular flexibility index (Phi) is 6.18. The van der Waals surface area contributed by atoms with Crippen LogP contribution in [0.15, 0.2) is 54.7 Å². The molecular formula is C17H24FN3. The van der Waals surface area contributed by atoms with E-state index in [2.05, 4.69) is 23.8 Å². The first-order valence-corrected chi connectivity index (χ1v) is 6.81. The first-order valence-electron chi connectivity index (χ1n) is 6.81. The first-order chi connectivity index (χ1) is 9.85. The molecular weight excluding hydrogens is 265 g/mol. The van der Waals surface area contributed by atoms with Crippen LogP contribution in [0.4, 0.5) is 15.8 Å². The Hall–Kier alpha value is -2.07. The van der Waals surface area contributed by atoms with Gasteiger partial charge in [-0.05, 0) is 38.6 Å². The van der Waals surface area contributed by atoms with Crippen LogP contribution in [0.25, 0.3) is 0 Å². The molecule has 1 rings (SSSR count). The number of nitrogens with zero attached hydrogens (tertiary/aromatic N) is 1. The predicted molar refractivity (Wildman–Crippen MR) is 90.3 cm³/mol. The van der Waals surface area contributed by atoms with E-state index in [4.69, 9.17) is 0 Å². The average molecular weight is 289 g/mol. The minimum atomic E-state index is -0.426. The summed E-state index contributed by atoms with van der Waals surface area (Å²) in [6, 6.07) is 6.03. The highest BCUT2D eigenvalue weighted by atomic mass is 19.1. The van der Waals surface area contributed by atoms with Crippen LogP contribution in [-0.2, 0) is 0 Å². The molecule has 0 radical (unpaired) electrons. The number of rotatable bonds is 7. The fraction of sp³-hybridized carbons (Fsp3) is 0.294. The predicted octanol–water partition coefficient (Wildman–Crippen LogP) is 3.96. The summed E-state index contributed by atoms with van der Waals surface area (Å²) in [5, 5.41) is 6.12.